The van der Waals surface area contributed by atoms with Crippen LogP contribution >= 0.6 is 0 Å². The zero-order valence-electron chi connectivity index (χ0n) is 13.4. The Morgan fingerprint density at radius 3 is 2.92 bits per heavy atom. The Kier molecular flexibility index (Phi) is 5.15. The summed E-state index contributed by atoms with van der Waals surface area (Å²) in [5.41, 5.74) is 6.29. The molecule has 0 bridgehead atoms. The van der Waals surface area contributed by atoms with Crippen molar-refractivity contribution >= 4 is 10.8 Å². The number of benzene rings is 1. The van der Waals surface area contributed by atoms with E-state index in [1.54, 1.807) is 30.6 Å². The van der Waals surface area contributed by atoms with E-state index in [9.17, 15) is 9.18 Å². The first-order valence-electron chi connectivity index (χ1n) is 7.72. The maximum absolute atomic E-state index is 12.6. The van der Waals surface area contributed by atoms with Gasteiger partial charge in [0, 0.05) is 23.7 Å². The van der Waals surface area contributed by atoms with Crippen molar-refractivity contribution in [2.45, 2.75) is 6.54 Å². The number of aromatic nitrogens is 3. The molecular weight excluding hydrogens is 323 g/mol. The van der Waals surface area contributed by atoms with Crippen molar-refractivity contribution in [1.82, 2.24) is 14.8 Å². The van der Waals surface area contributed by atoms with Crippen LogP contribution in [0.1, 0.15) is 5.69 Å². The molecule has 128 valence electrons. The molecule has 2 N–H and O–H groups in total. The first kappa shape index (κ1) is 16.8. The molecule has 2 heterocycles. The van der Waals surface area contributed by atoms with Gasteiger partial charge in [-0.3, -0.25) is 9.78 Å². The zero-order chi connectivity index (χ0) is 17.6. The van der Waals surface area contributed by atoms with Gasteiger partial charge in [-0.1, -0.05) is 6.07 Å². The van der Waals surface area contributed by atoms with Crippen LogP contribution < -0.4 is 16.0 Å². The minimum absolute atomic E-state index is 0.0582. The fraction of sp³-hybridized carbons (Fsp3) is 0.167. The molecule has 0 aliphatic rings. The van der Waals surface area contributed by atoms with Crippen LogP contribution in [0, 0.1) is 0 Å². The number of hydrogen-bond donors (Lipinski definition) is 1. The predicted molar refractivity (Wildman–Crippen MR) is 93.1 cm³/mol. The standard InChI is InChI=1S/C18H17FN4O2/c19-8-13(9-20)12-25-16-4-5-17-14(7-16)10-22-23(18(17)24)11-15-3-1-2-6-21-15/h1-8,10H,9,11-12,20H2. The number of halogens is 1. The van der Waals surface area contributed by atoms with Crippen molar-refractivity contribution in [2.24, 2.45) is 5.73 Å². The van der Waals surface area contributed by atoms with Crippen molar-refractivity contribution in [3.05, 3.63) is 76.7 Å². The fourth-order valence-corrected chi connectivity index (χ4v) is 2.32. The number of pyridine rings is 1. The Hall–Kier alpha value is -3.06. The summed E-state index contributed by atoms with van der Waals surface area (Å²) in [6.45, 7) is 0.446. The lowest BCUT2D eigenvalue weighted by atomic mass is 10.2. The zero-order valence-corrected chi connectivity index (χ0v) is 13.4. The third-order valence-corrected chi connectivity index (χ3v) is 3.70. The molecule has 3 aromatic rings. The van der Waals surface area contributed by atoms with E-state index in [-0.39, 0.29) is 18.7 Å². The summed E-state index contributed by atoms with van der Waals surface area (Å²) in [6, 6.07) is 10.5. The smallest absolute Gasteiger partial charge is 0.275 e. The van der Waals surface area contributed by atoms with Gasteiger partial charge in [-0.25, -0.2) is 9.07 Å². The number of nitrogens with zero attached hydrogens (tertiary/aromatic N) is 3. The number of hydrogen-bond acceptors (Lipinski definition) is 5. The van der Waals surface area contributed by atoms with Crippen LogP contribution in [0.3, 0.4) is 0 Å². The molecule has 0 radical (unpaired) electrons. The maximum atomic E-state index is 12.6. The SMILES string of the molecule is NCC(=CF)COc1ccc2c(=O)n(Cc3ccccn3)ncc2c1. The van der Waals surface area contributed by atoms with E-state index < -0.39 is 0 Å². The highest BCUT2D eigenvalue weighted by atomic mass is 19.1. The molecule has 0 saturated heterocycles. The predicted octanol–water partition coefficient (Wildman–Crippen LogP) is 2.03. The van der Waals surface area contributed by atoms with E-state index in [4.69, 9.17) is 10.5 Å². The number of rotatable bonds is 6. The van der Waals surface area contributed by atoms with Gasteiger partial charge in [-0.15, -0.1) is 0 Å². The second kappa shape index (κ2) is 7.67. The summed E-state index contributed by atoms with van der Waals surface area (Å²) >= 11 is 0. The molecule has 0 atom stereocenters. The van der Waals surface area contributed by atoms with Crippen molar-refractivity contribution in [3.63, 3.8) is 0 Å². The molecule has 2 aromatic heterocycles. The van der Waals surface area contributed by atoms with Crippen molar-refractivity contribution in [1.29, 1.82) is 0 Å². The van der Waals surface area contributed by atoms with Gasteiger partial charge in [0.25, 0.3) is 5.56 Å². The van der Waals surface area contributed by atoms with Gasteiger partial charge in [0.15, 0.2) is 0 Å². The monoisotopic (exact) mass is 340 g/mol. The van der Waals surface area contributed by atoms with Crippen LogP contribution in [0.15, 0.2) is 65.5 Å². The van der Waals surface area contributed by atoms with E-state index in [1.165, 1.54) is 4.68 Å². The Balaban J connectivity index is 1.85. The van der Waals surface area contributed by atoms with Crippen LogP contribution in [0.5, 0.6) is 5.75 Å². The average Bonchev–Trinajstić information content (AvgIpc) is 2.66. The topological polar surface area (TPSA) is 83.0 Å². The molecule has 0 unspecified atom stereocenters. The minimum Gasteiger partial charge on any atom is -0.489 e. The summed E-state index contributed by atoms with van der Waals surface area (Å²) in [6.07, 6.45) is 3.72. The van der Waals surface area contributed by atoms with Crippen LogP contribution in [-0.2, 0) is 6.54 Å². The van der Waals surface area contributed by atoms with E-state index in [0.717, 1.165) is 5.69 Å². The summed E-state index contributed by atoms with van der Waals surface area (Å²) in [4.78, 5) is 16.8. The van der Waals surface area contributed by atoms with Gasteiger partial charge in [0.05, 0.1) is 30.2 Å². The van der Waals surface area contributed by atoms with Crippen molar-refractivity contribution in [3.8, 4) is 5.75 Å². The molecule has 0 aliphatic carbocycles. The van der Waals surface area contributed by atoms with Gasteiger partial charge in [0.2, 0.25) is 0 Å². The molecule has 1 aromatic carbocycles. The van der Waals surface area contributed by atoms with Gasteiger partial charge < -0.3 is 10.5 Å². The van der Waals surface area contributed by atoms with E-state index >= 15 is 0 Å². The first-order valence-corrected chi connectivity index (χ1v) is 7.72. The van der Waals surface area contributed by atoms with Crippen molar-refractivity contribution < 1.29 is 9.13 Å². The highest BCUT2D eigenvalue weighted by Crippen LogP contribution is 2.18. The molecule has 0 aliphatic heterocycles. The number of ether oxygens (including phenoxy) is 1. The lowest BCUT2D eigenvalue weighted by Gasteiger charge is -2.09. The summed E-state index contributed by atoms with van der Waals surface area (Å²) in [7, 11) is 0. The largest absolute Gasteiger partial charge is 0.489 e. The molecular formula is C18H17FN4O2. The van der Waals surface area contributed by atoms with Gasteiger partial charge in [-0.05, 0) is 30.3 Å². The Bertz CT molecular complexity index is 954. The lowest BCUT2D eigenvalue weighted by Crippen LogP contribution is -2.23. The highest BCUT2D eigenvalue weighted by molar-refractivity contribution is 5.82. The average molecular weight is 340 g/mol. The van der Waals surface area contributed by atoms with Gasteiger partial charge in [0.1, 0.15) is 12.4 Å². The van der Waals surface area contributed by atoms with Crippen LogP contribution in [0.25, 0.3) is 10.8 Å². The second-order valence-corrected chi connectivity index (χ2v) is 5.44. The first-order chi connectivity index (χ1) is 12.2. The third kappa shape index (κ3) is 3.89. The second-order valence-electron chi connectivity index (χ2n) is 5.44. The fourth-order valence-electron chi connectivity index (χ4n) is 2.32. The summed E-state index contributed by atoms with van der Waals surface area (Å²) < 4.78 is 19.4. The van der Waals surface area contributed by atoms with Crippen LogP contribution in [-0.4, -0.2) is 27.9 Å². The van der Waals surface area contributed by atoms with E-state index in [2.05, 4.69) is 10.1 Å². The molecule has 7 heteroatoms. The Morgan fingerprint density at radius 2 is 2.20 bits per heavy atom. The molecule has 25 heavy (non-hydrogen) atoms. The highest BCUT2D eigenvalue weighted by Gasteiger charge is 2.07. The molecule has 3 rings (SSSR count). The van der Waals surface area contributed by atoms with Crippen LogP contribution in [0.2, 0.25) is 0 Å². The molecule has 6 nitrogen and oxygen atoms in total. The van der Waals surface area contributed by atoms with Gasteiger partial charge >= 0.3 is 0 Å². The van der Waals surface area contributed by atoms with Gasteiger partial charge in [-0.2, -0.15) is 5.10 Å². The summed E-state index contributed by atoms with van der Waals surface area (Å²) in [5, 5.41) is 5.37. The van der Waals surface area contributed by atoms with E-state index in [1.807, 2.05) is 18.2 Å². The van der Waals surface area contributed by atoms with E-state index in [0.29, 0.717) is 35.0 Å². The molecule has 0 amide bonds. The summed E-state index contributed by atoms with van der Waals surface area (Å²) in [5.74, 6) is 0.518. The quantitative estimate of drug-likeness (QED) is 0.742. The van der Waals surface area contributed by atoms with Crippen molar-refractivity contribution in [2.75, 3.05) is 13.2 Å². The normalized spacial score (nSPS) is 11.7. The van der Waals surface area contributed by atoms with Crippen LogP contribution in [0.4, 0.5) is 4.39 Å². The molecule has 0 spiro atoms. The minimum atomic E-state index is -0.207. The number of fused-ring (bicyclic) bond motifs is 1. The third-order valence-electron chi connectivity index (χ3n) is 3.70. The Morgan fingerprint density at radius 1 is 1.32 bits per heavy atom. The number of nitrogens with two attached hydrogens (primary N) is 1. The lowest BCUT2D eigenvalue weighted by molar-refractivity contribution is 0.348. The molecule has 0 fully saturated rings. The Labute approximate surface area is 143 Å². The molecule has 0 saturated carbocycles. The maximum Gasteiger partial charge on any atom is 0.275 e.